The van der Waals surface area contributed by atoms with Crippen molar-refractivity contribution in [3.05, 3.63) is 23.8 Å². The smallest absolute Gasteiger partial charge is 0.172 e. The molecular formula is C14H18N2O3. The van der Waals surface area contributed by atoms with Crippen molar-refractivity contribution < 1.29 is 14.0 Å². The van der Waals surface area contributed by atoms with Crippen molar-refractivity contribution in [2.75, 3.05) is 20.0 Å². The molecule has 5 nitrogen and oxygen atoms in total. The summed E-state index contributed by atoms with van der Waals surface area (Å²) in [6, 6.07) is 5.54. The third-order valence-corrected chi connectivity index (χ3v) is 2.95. The van der Waals surface area contributed by atoms with E-state index in [0.29, 0.717) is 23.1 Å². The van der Waals surface area contributed by atoms with Gasteiger partial charge in [-0.05, 0) is 18.1 Å². The van der Waals surface area contributed by atoms with Crippen molar-refractivity contribution in [2.24, 2.45) is 0 Å². The number of hydrogen-bond donors (Lipinski definition) is 1. The van der Waals surface area contributed by atoms with Gasteiger partial charge in [0, 0.05) is 17.2 Å². The molecule has 0 bridgehead atoms. The van der Waals surface area contributed by atoms with Crippen molar-refractivity contribution in [1.82, 2.24) is 5.16 Å². The molecule has 1 aromatic carbocycles. The highest BCUT2D eigenvalue weighted by molar-refractivity contribution is 5.69. The third-order valence-electron chi connectivity index (χ3n) is 2.95. The van der Waals surface area contributed by atoms with Crippen LogP contribution in [0.15, 0.2) is 22.7 Å². The standard InChI is InChI=1S/C14H18N2O3/c1-8(2)12-13(19-16-14(12)15)9-5-10(17-3)7-11(6-9)18-4/h5-8H,1-4H3,(H2,15,16). The topological polar surface area (TPSA) is 70.5 Å². The summed E-state index contributed by atoms with van der Waals surface area (Å²) in [5, 5.41) is 3.85. The molecule has 102 valence electrons. The number of methoxy groups -OCH3 is 2. The van der Waals surface area contributed by atoms with Crippen molar-refractivity contribution in [3.8, 4) is 22.8 Å². The lowest BCUT2D eigenvalue weighted by atomic mass is 9.99. The van der Waals surface area contributed by atoms with Gasteiger partial charge in [0.15, 0.2) is 11.6 Å². The molecule has 19 heavy (non-hydrogen) atoms. The lowest BCUT2D eigenvalue weighted by molar-refractivity contribution is 0.393. The Bertz CT molecular complexity index is 554. The molecule has 0 amide bonds. The van der Waals surface area contributed by atoms with Crippen LogP contribution in [0.25, 0.3) is 11.3 Å². The second-order valence-electron chi connectivity index (χ2n) is 4.57. The molecule has 1 aromatic heterocycles. The Morgan fingerprint density at radius 3 is 2.16 bits per heavy atom. The summed E-state index contributed by atoms with van der Waals surface area (Å²) in [7, 11) is 3.22. The van der Waals surface area contributed by atoms with Gasteiger partial charge in [-0.15, -0.1) is 0 Å². The van der Waals surface area contributed by atoms with Crippen molar-refractivity contribution >= 4 is 5.82 Å². The molecule has 0 unspecified atom stereocenters. The van der Waals surface area contributed by atoms with Crippen LogP contribution < -0.4 is 15.2 Å². The van der Waals surface area contributed by atoms with Crippen LogP contribution in [0, 0.1) is 0 Å². The van der Waals surface area contributed by atoms with E-state index in [0.717, 1.165) is 11.1 Å². The molecule has 0 aliphatic rings. The van der Waals surface area contributed by atoms with E-state index in [4.69, 9.17) is 19.7 Å². The fourth-order valence-corrected chi connectivity index (χ4v) is 2.01. The van der Waals surface area contributed by atoms with Crippen LogP contribution >= 0.6 is 0 Å². The van der Waals surface area contributed by atoms with E-state index in [9.17, 15) is 0 Å². The van der Waals surface area contributed by atoms with E-state index in [1.165, 1.54) is 0 Å². The molecule has 0 radical (unpaired) electrons. The molecule has 0 saturated carbocycles. The molecule has 5 heteroatoms. The Balaban J connectivity index is 2.58. The zero-order chi connectivity index (χ0) is 14.0. The minimum atomic E-state index is 0.221. The summed E-state index contributed by atoms with van der Waals surface area (Å²) < 4.78 is 15.9. The van der Waals surface area contributed by atoms with E-state index >= 15 is 0 Å². The number of nitrogens with two attached hydrogens (primary N) is 1. The monoisotopic (exact) mass is 262 g/mol. The quantitative estimate of drug-likeness (QED) is 0.916. The molecule has 0 fully saturated rings. The fourth-order valence-electron chi connectivity index (χ4n) is 2.01. The first kappa shape index (κ1) is 13.3. The molecule has 2 rings (SSSR count). The number of aromatic nitrogens is 1. The van der Waals surface area contributed by atoms with Crippen LogP contribution in [-0.4, -0.2) is 19.4 Å². The lowest BCUT2D eigenvalue weighted by Gasteiger charge is -2.09. The predicted molar refractivity (Wildman–Crippen MR) is 73.5 cm³/mol. The zero-order valence-electron chi connectivity index (χ0n) is 11.6. The molecule has 0 spiro atoms. The van der Waals surface area contributed by atoms with Crippen LogP contribution in [0.5, 0.6) is 11.5 Å². The Labute approximate surface area is 112 Å². The van der Waals surface area contributed by atoms with Gasteiger partial charge in [-0.25, -0.2) is 0 Å². The minimum absolute atomic E-state index is 0.221. The number of nitrogens with zero attached hydrogens (tertiary/aromatic N) is 1. The highest BCUT2D eigenvalue weighted by atomic mass is 16.5. The van der Waals surface area contributed by atoms with Crippen LogP contribution in [0.4, 0.5) is 5.82 Å². The SMILES string of the molecule is COc1cc(OC)cc(-c2onc(N)c2C(C)C)c1. The average Bonchev–Trinajstić information content (AvgIpc) is 2.80. The predicted octanol–water partition coefficient (Wildman–Crippen LogP) is 3.06. The Morgan fingerprint density at radius 2 is 1.68 bits per heavy atom. The molecular weight excluding hydrogens is 244 g/mol. The molecule has 1 heterocycles. The lowest BCUT2D eigenvalue weighted by Crippen LogP contribution is -1.96. The first-order chi connectivity index (χ1) is 9.06. The van der Waals surface area contributed by atoms with Gasteiger partial charge in [-0.3, -0.25) is 0 Å². The second-order valence-corrected chi connectivity index (χ2v) is 4.57. The number of hydrogen-bond acceptors (Lipinski definition) is 5. The first-order valence-corrected chi connectivity index (χ1v) is 6.05. The van der Waals surface area contributed by atoms with E-state index < -0.39 is 0 Å². The Hall–Kier alpha value is -2.17. The van der Waals surface area contributed by atoms with E-state index in [-0.39, 0.29) is 5.92 Å². The Kier molecular flexibility index (Phi) is 3.64. The molecule has 0 aliphatic heterocycles. The zero-order valence-corrected chi connectivity index (χ0v) is 11.6. The summed E-state index contributed by atoms with van der Waals surface area (Å²) in [4.78, 5) is 0. The summed E-state index contributed by atoms with van der Waals surface area (Å²) in [5.74, 6) is 2.69. The van der Waals surface area contributed by atoms with Gasteiger partial charge in [0.2, 0.25) is 0 Å². The molecule has 0 aliphatic carbocycles. The largest absolute Gasteiger partial charge is 0.497 e. The van der Waals surface area contributed by atoms with Gasteiger partial charge in [0.1, 0.15) is 11.5 Å². The van der Waals surface area contributed by atoms with E-state index in [1.807, 2.05) is 26.0 Å². The van der Waals surface area contributed by atoms with Gasteiger partial charge in [0.25, 0.3) is 0 Å². The second kappa shape index (κ2) is 5.22. The van der Waals surface area contributed by atoms with Crippen LogP contribution in [-0.2, 0) is 0 Å². The fraction of sp³-hybridized carbons (Fsp3) is 0.357. The highest BCUT2D eigenvalue weighted by Gasteiger charge is 2.19. The van der Waals surface area contributed by atoms with Gasteiger partial charge < -0.3 is 19.7 Å². The van der Waals surface area contributed by atoms with Gasteiger partial charge in [-0.2, -0.15) is 0 Å². The van der Waals surface area contributed by atoms with Gasteiger partial charge >= 0.3 is 0 Å². The van der Waals surface area contributed by atoms with Gasteiger partial charge in [0.05, 0.1) is 14.2 Å². The van der Waals surface area contributed by atoms with Crippen LogP contribution in [0.2, 0.25) is 0 Å². The third kappa shape index (κ3) is 2.50. The van der Waals surface area contributed by atoms with Crippen molar-refractivity contribution in [2.45, 2.75) is 19.8 Å². The maximum absolute atomic E-state index is 5.85. The van der Waals surface area contributed by atoms with Gasteiger partial charge in [-0.1, -0.05) is 19.0 Å². The van der Waals surface area contributed by atoms with Crippen molar-refractivity contribution in [1.29, 1.82) is 0 Å². The number of nitrogen functional groups attached to an aromatic ring is 1. The van der Waals surface area contributed by atoms with E-state index in [1.54, 1.807) is 20.3 Å². The van der Waals surface area contributed by atoms with Crippen molar-refractivity contribution in [3.63, 3.8) is 0 Å². The number of anilines is 1. The highest BCUT2D eigenvalue weighted by Crippen LogP contribution is 2.36. The summed E-state index contributed by atoms with van der Waals surface area (Å²) in [6.45, 7) is 4.09. The number of benzene rings is 1. The summed E-state index contributed by atoms with van der Waals surface area (Å²) in [5.41, 5.74) is 7.59. The number of rotatable bonds is 4. The van der Waals surface area contributed by atoms with E-state index in [2.05, 4.69) is 5.16 Å². The molecule has 0 atom stereocenters. The van der Waals surface area contributed by atoms with Crippen LogP contribution in [0.3, 0.4) is 0 Å². The Morgan fingerprint density at radius 1 is 1.11 bits per heavy atom. The summed E-state index contributed by atoms with van der Waals surface area (Å²) >= 11 is 0. The summed E-state index contributed by atoms with van der Waals surface area (Å²) in [6.07, 6.45) is 0. The molecule has 0 saturated heterocycles. The maximum atomic E-state index is 5.85. The molecule has 2 aromatic rings. The number of ether oxygens (including phenoxy) is 2. The average molecular weight is 262 g/mol. The first-order valence-electron chi connectivity index (χ1n) is 6.05. The molecule has 2 N–H and O–H groups in total. The maximum Gasteiger partial charge on any atom is 0.172 e. The minimum Gasteiger partial charge on any atom is -0.497 e. The van der Waals surface area contributed by atoms with Crippen LogP contribution in [0.1, 0.15) is 25.3 Å². The normalized spacial score (nSPS) is 10.8.